The Morgan fingerprint density at radius 1 is 1.09 bits per heavy atom. The molecule has 3 aromatic rings. The van der Waals surface area contributed by atoms with Crippen LogP contribution in [0.25, 0.3) is 0 Å². The molecule has 2 atom stereocenters. The summed E-state index contributed by atoms with van der Waals surface area (Å²) in [5.41, 5.74) is 1.27. The second kappa shape index (κ2) is 5.35. The molecule has 2 heterocycles. The second-order valence-electron chi connectivity index (χ2n) is 5.48. The average Bonchev–Trinajstić information content (AvgIpc) is 3.03. The summed E-state index contributed by atoms with van der Waals surface area (Å²) in [5.74, 6) is 0.354. The summed E-state index contributed by atoms with van der Waals surface area (Å²) in [6.45, 7) is 0. The third kappa shape index (κ3) is 2.30. The number of rotatable bonds is 2. The van der Waals surface area contributed by atoms with E-state index in [9.17, 15) is 9.50 Å². The van der Waals surface area contributed by atoms with Gasteiger partial charge in [-0.2, -0.15) is 0 Å². The van der Waals surface area contributed by atoms with Crippen LogP contribution in [0.15, 0.2) is 48.5 Å². The van der Waals surface area contributed by atoms with E-state index in [4.69, 9.17) is 0 Å². The first-order valence-electron chi connectivity index (χ1n) is 7.31. The van der Waals surface area contributed by atoms with Crippen LogP contribution in [-0.4, -0.2) is 25.3 Å². The SMILES string of the molecule is Oc1ccccc1[C@@H]1C[C@H](c2ccccc2F)n2nnnc2N1. The number of anilines is 1. The molecule has 0 amide bonds. The fourth-order valence-electron chi connectivity index (χ4n) is 3.03. The van der Waals surface area contributed by atoms with Crippen molar-refractivity contribution in [3.63, 3.8) is 0 Å². The Morgan fingerprint density at radius 3 is 2.61 bits per heavy atom. The Bertz CT molecular complexity index is 850. The van der Waals surface area contributed by atoms with E-state index in [1.807, 2.05) is 12.1 Å². The van der Waals surface area contributed by atoms with Gasteiger partial charge in [-0.05, 0) is 29.0 Å². The summed E-state index contributed by atoms with van der Waals surface area (Å²) in [4.78, 5) is 0. The van der Waals surface area contributed by atoms with Gasteiger partial charge >= 0.3 is 0 Å². The molecule has 1 aliphatic rings. The van der Waals surface area contributed by atoms with Crippen molar-refractivity contribution < 1.29 is 9.50 Å². The van der Waals surface area contributed by atoms with Crippen molar-refractivity contribution in [3.05, 3.63) is 65.5 Å². The number of phenolic OH excluding ortho intramolecular Hbond substituents is 1. The molecule has 0 unspecified atom stereocenters. The lowest BCUT2D eigenvalue weighted by molar-refractivity contribution is 0.398. The molecule has 2 N–H and O–H groups in total. The largest absolute Gasteiger partial charge is 0.508 e. The zero-order valence-corrected chi connectivity index (χ0v) is 12.1. The van der Waals surface area contributed by atoms with Gasteiger partial charge in [0.25, 0.3) is 0 Å². The number of phenols is 1. The second-order valence-corrected chi connectivity index (χ2v) is 5.48. The Morgan fingerprint density at radius 2 is 1.83 bits per heavy atom. The molecule has 1 aromatic heterocycles. The van der Waals surface area contributed by atoms with Gasteiger partial charge in [-0.15, -0.1) is 0 Å². The number of fused-ring (bicyclic) bond motifs is 1. The van der Waals surface area contributed by atoms with Crippen LogP contribution < -0.4 is 5.32 Å². The van der Waals surface area contributed by atoms with Gasteiger partial charge in [0.1, 0.15) is 11.6 Å². The maximum Gasteiger partial charge on any atom is 0.244 e. The fraction of sp³-hybridized carbons (Fsp3) is 0.188. The average molecular weight is 311 g/mol. The van der Waals surface area contributed by atoms with Crippen LogP contribution in [0.5, 0.6) is 5.75 Å². The summed E-state index contributed by atoms with van der Waals surface area (Å²) < 4.78 is 15.8. The number of para-hydroxylation sites is 1. The number of nitrogens with one attached hydrogen (secondary N) is 1. The van der Waals surface area contributed by atoms with Gasteiger partial charge in [-0.25, -0.2) is 9.07 Å². The van der Waals surface area contributed by atoms with Crippen LogP contribution in [0.4, 0.5) is 10.3 Å². The highest BCUT2D eigenvalue weighted by Crippen LogP contribution is 2.39. The highest BCUT2D eigenvalue weighted by Gasteiger charge is 2.32. The van der Waals surface area contributed by atoms with Gasteiger partial charge < -0.3 is 10.4 Å². The maximum absolute atomic E-state index is 14.2. The van der Waals surface area contributed by atoms with Gasteiger partial charge in [0.2, 0.25) is 5.95 Å². The van der Waals surface area contributed by atoms with Crippen molar-refractivity contribution in [3.8, 4) is 5.75 Å². The van der Waals surface area contributed by atoms with Crippen molar-refractivity contribution in [2.45, 2.75) is 18.5 Å². The Labute approximate surface area is 131 Å². The third-order valence-electron chi connectivity index (χ3n) is 4.13. The predicted molar refractivity (Wildman–Crippen MR) is 81.4 cm³/mol. The molecule has 7 heteroatoms. The number of tetrazole rings is 1. The standard InChI is InChI=1S/C16H14FN5O/c17-12-7-3-1-5-10(12)14-9-13(11-6-2-4-8-15(11)23)18-16-19-20-21-22(14)16/h1-8,13-14,23H,9H2,(H,18,19,21)/t13-,14+/m0/s1. The van der Waals surface area contributed by atoms with Crippen molar-refractivity contribution in [2.75, 3.05) is 5.32 Å². The highest BCUT2D eigenvalue weighted by atomic mass is 19.1. The van der Waals surface area contributed by atoms with Crippen LogP contribution >= 0.6 is 0 Å². The van der Waals surface area contributed by atoms with Crippen LogP contribution in [0, 0.1) is 5.82 Å². The quantitative estimate of drug-likeness (QED) is 0.761. The van der Waals surface area contributed by atoms with E-state index in [1.54, 1.807) is 35.0 Å². The lowest BCUT2D eigenvalue weighted by atomic mass is 9.92. The van der Waals surface area contributed by atoms with Crippen molar-refractivity contribution in [1.82, 2.24) is 20.2 Å². The summed E-state index contributed by atoms with van der Waals surface area (Å²) in [6.07, 6.45) is 0.524. The molecule has 4 rings (SSSR count). The van der Waals surface area contributed by atoms with Gasteiger partial charge in [-0.3, -0.25) is 0 Å². The normalized spacial score (nSPS) is 19.9. The molecular formula is C16H14FN5O. The molecular weight excluding hydrogens is 297 g/mol. The van der Waals surface area contributed by atoms with Crippen LogP contribution in [0.3, 0.4) is 0 Å². The number of hydrogen-bond acceptors (Lipinski definition) is 5. The van der Waals surface area contributed by atoms with Gasteiger partial charge in [0.15, 0.2) is 0 Å². The van der Waals surface area contributed by atoms with Crippen LogP contribution in [0.1, 0.15) is 29.6 Å². The van der Waals surface area contributed by atoms with E-state index in [1.165, 1.54) is 6.07 Å². The number of nitrogens with zero attached hydrogens (tertiary/aromatic N) is 4. The first kappa shape index (κ1) is 13.7. The molecule has 0 aliphatic carbocycles. The predicted octanol–water partition coefficient (Wildman–Crippen LogP) is 2.66. The molecule has 0 saturated carbocycles. The zero-order valence-electron chi connectivity index (χ0n) is 12.1. The molecule has 0 spiro atoms. The monoisotopic (exact) mass is 311 g/mol. The number of aromatic hydroxyl groups is 1. The van der Waals surface area contributed by atoms with E-state index in [0.717, 1.165) is 5.56 Å². The van der Waals surface area contributed by atoms with Gasteiger partial charge in [-0.1, -0.05) is 41.5 Å². The number of hydrogen-bond donors (Lipinski definition) is 2. The molecule has 23 heavy (non-hydrogen) atoms. The van der Waals surface area contributed by atoms with Crippen LogP contribution in [-0.2, 0) is 0 Å². The number of halogens is 1. The van der Waals surface area contributed by atoms with E-state index >= 15 is 0 Å². The molecule has 0 fully saturated rings. The molecule has 1 aliphatic heterocycles. The molecule has 0 radical (unpaired) electrons. The van der Waals surface area contributed by atoms with Gasteiger partial charge in [0, 0.05) is 11.1 Å². The summed E-state index contributed by atoms with van der Waals surface area (Å²) in [6, 6.07) is 13.1. The van der Waals surface area contributed by atoms with Crippen LogP contribution in [0.2, 0.25) is 0 Å². The van der Waals surface area contributed by atoms with E-state index in [2.05, 4.69) is 20.8 Å². The molecule has 0 saturated heterocycles. The minimum Gasteiger partial charge on any atom is -0.508 e. The molecule has 0 bridgehead atoms. The smallest absolute Gasteiger partial charge is 0.244 e. The summed E-state index contributed by atoms with van der Waals surface area (Å²) in [7, 11) is 0. The minimum atomic E-state index is -0.341. The van der Waals surface area contributed by atoms with Crippen molar-refractivity contribution in [2.24, 2.45) is 0 Å². The number of benzene rings is 2. The lowest BCUT2D eigenvalue weighted by Crippen LogP contribution is -2.28. The summed E-state index contributed by atoms with van der Waals surface area (Å²) in [5, 5.41) is 24.9. The third-order valence-corrected chi connectivity index (χ3v) is 4.13. The minimum absolute atomic E-state index is 0.193. The first-order valence-corrected chi connectivity index (χ1v) is 7.31. The van der Waals surface area contributed by atoms with Crippen molar-refractivity contribution in [1.29, 1.82) is 0 Å². The molecule has 116 valence electrons. The maximum atomic E-state index is 14.2. The van der Waals surface area contributed by atoms with E-state index in [-0.39, 0.29) is 23.7 Å². The summed E-state index contributed by atoms with van der Waals surface area (Å²) >= 11 is 0. The zero-order chi connectivity index (χ0) is 15.8. The fourth-order valence-corrected chi connectivity index (χ4v) is 3.03. The Hall–Kier alpha value is -2.96. The van der Waals surface area contributed by atoms with E-state index < -0.39 is 0 Å². The topological polar surface area (TPSA) is 75.9 Å². The van der Waals surface area contributed by atoms with Gasteiger partial charge in [0.05, 0.1) is 12.1 Å². The Balaban J connectivity index is 1.79. The molecule has 6 nitrogen and oxygen atoms in total. The van der Waals surface area contributed by atoms with Crippen molar-refractivity contribution >= 4 is 5.95 Å². The Kier molecular flexibility index (Phi) is 3.18. The van der Waals surface area contributed by atoms with E-state index in [0.29, 0.717) is 17.9 Å². The molecule has 2 aromatic carbocycles. The highest BCUT2D eigenvalue weighted by molar-refractivity contribution is 5.42. The number of aromatic nitrogens is 4. The lowest BCUT2D eigenvalue weighted by Gasteiger charge is -2.31. The first-order chi connectivity index (χ1) is 11.2.